The average Bonchev–Trinajstić information content (AvgIpc) is 2.48. The van der Waals surface area contributed by atoms with Gasteiger partial charge < -0.3 is 15.0 Å². The Kier molecular flexibility index (Phi) is 5.38. The molecule has 21 heavy (non-hydrogen) atoms. The minimum Gasteiger partial charge on any atom is -0.487 e. The Morgan fingerprint density at radius 2 is 2.29 bits per heavy atom. The smallest absolute Gasteiger partial charge is 0.311 e. The van der Waals surface area contributed by atoms with Crippen LogP contribution in [0.1, 0.15) is 26.2 Å². The first-order valence-electron chi connectivity index (χ1n) is 7.47. The summed E-state index contributed by atoms with van der Waals surface area (Å²) in [6.45, 7) is 4.20. The monoisotopic (exact) mass is 293 g/mol. The largest absolute Gasteiger partial charge is 0.487 e. The predicted molar refractivity (Wildman–Crippen MR) is 83.2 cm³/mol. The summed E-state index contributed by atoms with van der Waals surface area (Å²) < 4.78 is 5.40. The molecule has 0 saturated carbocycles. The zero-order chi connectivity index (χ0) is 15.2. The molecular weight excluding hydrogens is 270 g/mol. The number of nitrogens with zero attached hydrogens (tertiary/aromatic N) is 2. The Labute approximate surface area is 125 Å². The van der Waals surface area contributed by atoms with Crippen molar-refractivity contribution in [2.24, 2.45) is 0 Å². The van der Waals surface area contributed by atoms with E-state index in [1.165, 1.54) is 25.3 Å². The van der Waals surface area contributed by atoms with Crippen LogP contribution in [0.2, 0.25) is 0 Å². The summed E-state index contributed by atoms with van der Waals surface area (Å²) in [7, 11) is 2.01. The molecule has 0 spiro atoms. The van der Waals surface area contributed by atoms with Gasteiger partial charge in [-0.2, -0.15) is 0 Å². The predicted octanol–water partition coefficient (Wildman–Crippen LogP) is 2.57. The van der Waals surface area contributed by atoms with Gasteiger partial charge in [-0.05, 0) is 32.4 Å². The molecular formula is C15H23N3O3. The molecule has 1 N–H and O–H groups in total. The summed E-state index contributed by atoms with van der Waals surface area (Å²) in [6, 6.07) is 5.54. The van der Waals surface area contributed by atoms with Crippen molar-refractivity contribution in [3.63, 3.8) is 0 Å². The van der Waals surface area contributed by atoms with Gasteiger partial charge in [0.05, 0.1) is 11.5 Å². The number of nitro groups is 1. The second-order valence-corrected chi connectivity index (χ2v) is 5.37. The van der Waals surface area contributed by atoms with E-state index in [0.717, 1.165) is 18.8 Å². The van der Waals surface area contributed by atoms with Crippen LogP contribution in [0, 0.1) is 10.1 Å². The third-order valence-electron chi connectivity index (χ3n) is 3.79. The van der Waals surface area contributed by atoms with E-state index in [-0.39, 0.29) is 5.69 Å². The van der Waals surface area contributed by atoms with Crippen LogP contribution in [0.4, 0.5) is 11.4 Å². The number of likely N-dealkylation sites (N-methyl/N-ethyl adjacent to an activating group) is 1. The van der Waals surface area contributed by atoms with Gasteiger partial charge in [0.2, 0.25) is 0 Å². The number of ether oxygens (including phenoxy) is 1. The summed E-state index contributed by atoms with van der Waals surface area (Å²) in [4.78, 5) is 12.7. The van der Waals surface area contributed by atoms with Gasteiger partial charge in [-0.15, -0.1) is 0 Å². The molecule has 6 nitrogen and oxygen atoms in total. The van der Waals surface area contributed by atoms with E-state index in [9.17, 15) is 10.1 Å². The Bertz CT molecular complexity index is 487. The van der Waals surface area contributed by atoms with Crippen molar-refractivity contribution >= 4 is 11.4 Å². The first-order chi connectivity index (χ1) is 10.1. The molecule has 0 amide bonds. The lowest BCUT2D eigenvalue weighted by atomic mass is 10.0. The number of nitro benzene ring substituents is 1. The molecule has 1 fully saturated rings. The maximum absolute atomic E-state index is 11.0. The number of anilines is 1. The van der Waals surface area contributed by atoms with E-state index in [4.69, 9.17) is 4.74 Å². The molecule has 1 atom stereocenters. The lowest BCUT2D eigenvalue weighted by Gasteiger charge is -2.29. The molecule has 1 aromatic rings. The van der Waals surface area contributed by atoms with Crippen molar-refractivity contribution in [2.45, 2.75) is 32.2 Å². The van der Waals surface area contributed by atoms with Crippen LogP contribution < -0.4 is 15.0 Å². The molecule has 1 aliphatic rings. The molecule has 1 aliphatic heterocycles. The van der Waals surface area contributed by atoms with Gasteiger partial charge in [-0.1, -0.05) is 6.42 Å². The van der Waals surface area contributed by atoms with Crippen LogP contribution >= 0.6 is 0 Å². The molecule has 2 rings (SSSR count). The molecule has 0 bridgehead atoms. The lowest BCUT2D eigenvalue weighted by Crippen LogP contribution is -2.42. The van der Waals surface area contributed by atoms with Crippen LogP contribution in [-0.2, 0) is 0 Å². The Hall–Kier alpha value is -1.82. The molecule has 6 heteroatoms. The van der Waals surface area contributed by atoms with Crippen molar-refractivity contribution in [2.75, 3.05) is 31.6 Å². The number of benzene rings is 1. The normalized spacial score (nSPS) is 18.3. The molecule has 0 aliphatic carbocycles. The average molecular weight is 293 g/mol. The van der Waals surface area contributed by atoms with Gasteiger partial charge in [-0.25, -0.2) is 0 Å². The first-order valence-corrected chi connectivity index (χ1v) is 7.47. The molecule has 1 aromatic carbocycles. The Morgan fingerprint density at radius 1 is 1.48 bits per heavy atom. The minimum absolute atomic E-state index is 0.0183. The van der Waals surface area contributed by atoms with Gasteiger partial charge in [0.15, 0.2) is 5.75 Å². The molecule has 1 unspecified atom stereocenters. The van der Waals surface area contributed by atoms with Crippen LogP contribution in [0.15, 0.2) is 18.2 Å². The van der Waals surface area contributed by atoms with Crippen molar-refractivity contribution in [3.8, 4) is 5.75 Å². The topological polar surface area (TPSA) is 67.6 Å². The fraction of sp³-hybridized carbons (Fsp3) is 0.600. The molecule has 0 radical (unpaired) electrons. The second-order valence-electron chi connectivity index (χ2n) is 5.37. The van der Waals surface area contributed by atoms with E-state index >= 15 is 0 Å². The fourth-order valence-corrected chi connectivity index (χ4v) is 2.68. The highest BCUT2D eigenvalue weighted by Gasteiger charge is 2.19. The van der Waals surface area contributed by atoms with E-state index in [1.54, 1.807) is 12.1 Å². The summed E-state index contributed by atoms with van der Waals surface area (Å²) in [5, 5.41) is 14.5. The zero-order valence-corrected chi connectivity index (χ0v) is 12.7. The SMILES string of the molecule is CCOc1cc(N(C)CC2CCCCN2)ccc1[N+](=O)[O-]. The first kappa shape index (κ1) is 15.6. The van der Waals surface area contributed by atoms with Crippen LogP contribution in [0.5, 0.6) is 5.75 Å². The van der Waals surface area contributed by atoms with Gasteiger partial charge in [0, 0.05) is 37.5 Å². The van der Waals surface area contributed by atoms with E-state index in [0.29, 0.717) is 18.4 Å². The van der Waals surface area contributed by atoms with Crippen molar-refractivity contribution < 1.29 is 9.66 Å². The molecule has 116 valence electrons. The van der Waals surface area contributed by atoms with Crippen molar-refractivity contribution in [3.05, 3.63) is 28.3 Å². The third-order valence-corrected chi connectivity index (χ3v) is 3.79. The summed E-state index contributed by atoms with van der Waals surface area (Å²) >= 11 is 0. The molecule has 1 heterocycles. The fourth-order valence-electron chi connectivity index (χ4n) is 2.68. The Balaban J connectivity index is 2.10. The minimum atomic E-state index is -0.405. The number of hydrogen-bond acceptors (Lipinski definition) is 5. The highest BCUT2D eigenvalue weighted by atomic mass is 16.6. The van der Waals surface area contributed by atoms with Gasteiger partial charge >= 0.3 is 5.69 Å². The lowest BCUT2D eigenvalue weighted by molar-refractivity contribution is -0.385. The number of piperidine rings is 1. The Morgan fingerprint density at radius 3 is 2.90 bits per heavy atom. The second kappa shape index (κ2) is 7.26. The van der Waals surface area contributed by atoms with Crippen LogP contribution in [-0.4, -0.2) is 37.7 Å². The standard InChI is InChI=1S/C15H23N3O3/c1-3-21-15-10-13(7-8-14(15)18(19)20)17(2)11-12-6-4-5-9-16-12/h7-8,10,12,16H,3-6,9,11H2,1-2H3. The quantitative estimate of drug-likeness (QED) is 0.645. The summed E-state index contributed by atoms with van der Waals surface area (Å²) in [6.07, 6.45) is 3.68. The van der Waals surface area contributed by atoms with Crippen LogP contribution in [0.3, 0.4) is 0 Å². The molecule has 1 saturated heterocycles. The van der Waals surface area contributed by atoms with Crippen molar-refractivity contribution in [1.29, 1.82) is 0 Å². The number of nitrogens with one attached hydrogen (secondary N) is 1. The zero-order valence-electron chi connectivity index (χ0n) is 12.7. The van der Waals surface area contributed by atoms with E-state index < -0.39 is 4.92 Å². The number of hydrogen-bond donors (Lipinski definition) is 1. The number of rotatable bonds is 6. The summed E-state index contributed by atoms with van der Waals surface area (Å²) in [5.74, 6) is 0.337. The van der Waals surface area contributed by atoms with Crippen LogP contribution in [0.25, 0.3) is 0 Å². The van der Waals surface area contributed by atoms with E-state index in [2.05, 4.69) is 10.2 Å². The van der Waals surface area contributed by atoms with E-state index in [1.807, 2.05) is 14.0 Å². The third kappa shape index (κ3) is 4.07. The van der Waals surface area contributed by atoms with Crippen molar-refractivity contribution in [1.82, 2.24) is 5.32 Å². The highest BCUT2D eigenvalue weighted by Crippen LogP contribution is 2.31. The van der Waals surface area contributed by atoms with Gasteiger partial charge in [0.25, 0.3) is 0 Å². The maximum atomic E-state index is 11.0. The van der Waals surface area contributed by atoms with Gasteiger partial charge in [0.1, 0.15) is 0 Å². The maximum Gasteiger partial charge on any atom is 0.311 e. The highest BCUT2D eigenvalue weighted by molar-refractivity contribution is 5.59. The van der Waals surface area contributed by atoms with Gasteiger partial charge in [-0.3, -0.25) is 10.1 Å². The molecule has 0 aromatic heterocycles. The summed E-state index contributed by atoms with van der Waals surface area (Å²) in [5.41, 5.74) is 0.959.